The molecule has 5 nitrogen and oxygen atoms in total. The second-order valence-corrected chi connectivity index (χ2v) is 21.6. The molecule has 0 amide bonds. The average Bonchev–Trinajstić information content (AvgIpc) is 3.35. The highest BCUT2D eigenvalue weighted by atomic mass is 15.0. The van der Waals surface area contributed by atoms with Crippen LogP contribution in [0.4, 0.5) is 0 Å². The summed E-state index contributed by atoms with van der Waals surface area (Å²) in [4.78, 5) is 15.6. The molecule has 0 unspecified atom stereocenters. The van der Waals surface area contributed by atoms with E-state index in [0.29, 0.717) is 39.4 Å². The monoisotopic (exact) mass is 855 g/mol. The number of hydrogen-bond donors (Lipinski definition) is 0. The Bertz CT molecular complexity index is 2860. The summed E-state index contributed by atoms with van der Waals surface area (Å²) < 4.78 is 0. The molecular formula is C61H53N5. The summed E-state index contributed by atoms with van der Waals surface area (Å²) in [6, 6.07) is 54.1. The second-order valence-electron chi connectivity index (χ2n) is 21.6. The lowest BCUT2D eigenvalue weighted by molar-refractivity contribution is -0.00530. The molecule has 1 aromatic heterocycles. The minimum atomic E-state index is 0.375. The van der Waals surface area contributed by atoms with Gasteiger partial charge in [-0.1, -0.05) is 109 Å². The van der Waals surface area contributed by atoms with Gasteiger partial charge in [0.15, 0.2) is 17.5 Å². The van der Waals surface area contributed by atoms with Crippen LogP contribution >= 0.6 is 0 Å². The lowest BCUT2D eigenvalue weighted by Gasteiger charge is -2.57. The zero-order chi connectivity index (χ0) is 44.0. The van der Waals surface area contributed by atoms with Gasteiger partial charge in [-0.15, -0.1) is 0 Å². The van der Waals surface area contributed by atoms with E-state index in [9.17, 15) is 10.5 Å². The predicted octanol–water partition coefficient (Wildman–Crippen LogP) is 14.6. The lowest BCUT2D eigenvalue weighted by atomic mass is 9.48. The first-order valence-corrected chi connectivity index (χ1v) is 24.6. The highest BCUT2D eigenvalue weighted by Gasteiger charge is 2.52. The molecule has 8 fully saturated rings. The van der Waals surface area contributed by atoms with E-state index < -0.39 is 0 Å². The second kappa shape index (κ2) is 15.5. The lowest BCUT2D eigenvalue weighted by Crippen LogP contribution is -2.48. The van der Waals surface area contributed by atoms with Gasteiger partial charge in [0.25, 0.3) is 0 Å². The number of nitriles is 2. The highest BCUT2D eigenvalue weighted by Crippen LogP contribution is 2.62. The number of aromatic nitrogens is 3. The van der Waals surface area contributed by atoms with Crippen LogP contribution < -0.4 is 0 Å². The summed E-state index contributed by atoms with van der Waals surface area (Å²) in [5.41, 5.74) is 13.9. The molecule has 15 rings (SSSR count). The molecule has 1 heterocycles. The van der Waals surface area contributed by atoms with Gasteiger partial charge < -0.3 is 0 Å². The Kier molecular flexibility index (Phi) is 9.29. The van der Waals surface area contributed by atoms with Crippen LogP contribution in [0.25, 0.3) is 67.5 Å². The van der Waals surface area contributed by atoms with Gasteiger partial charge in [0.05, 0.1) is 23.3 Å². The highest BCUT2D eigenvalue weighted by molar-refractivity contribution is 5.76. The molecule has 0 aliphatic heterocycles. The third kappa shape index (κ3) is 6.98. The zero-order valence-electron chi connectivity index (χ0n) is 37.5. The Hall–Kier alpha value is -6.69. The van der Waals surface area contributed by atoms with Crippen LogP contribution in [0, 0.1) is 58.2 Å². The van der Waals surface area contributed by atoms with Gasteiger partial charge in [0, 0.05) is 16.7 Å². The van der Waals surface area contributed by atoms with Crippen LogP contribution in [0.3, 0.4) is 0 Å². The van der Waals surface area contributed by atoms with Crippen LogP contribution in [-0.4, -0.2) is 15.0 Å². The van der Waals surface area contributed by atoms with Crippen molar-refractivity contribution in [2.24, 2.45) is 35.5 Å². The Morgan fingerprint density at radius 1 is 0.333 bits per heavy atom. The first-order valence-electron chi connectivity index (χ1n) is 24.6. The van der Waals surface area contributed by atoms with Crippen LogP contribution in [-0.2, 0) is 10.8 Å². The molecule has 322 valence electrons. The van der Waals surface area contributed by atoms with Gasteiger partial charge in [-0.05, 0) is 198 Å². The SMILES string of the molecule is N#Cc1cc(C#N)cc(-c2ccc(-c3nc(-c4cccc(-c5ccc(C67C[C@H]8C[C@@H](C6)C[C@@H](C7)C8)cc5)c4)nc(-c4cccc(-c5ccc(C67C[C@H]8C[C@H](C6)C[C@@H](C7)C8)cc5)c4)n3)cc2)c1. The minimum absolute atomic E-state index is 0.375. The topological polar surface area (TPSA) is 86.2 Å². The molecule has 0 atom stereocenters. The first kappa shape index (κ1) is 39.7. The number of rotatable bonds is 8. The van der Waals surface area contributed by atoms with Crippen molar-refractivity contribution in [2.45, 2.75) is 87.9 Å². The van der Waals surface area contributed by atoms with Gasteiger partial charge in [0.2, 0.25) is 0 Å². The fourth-order valence-electron chi connectivity index (χ4n) is 15.1. The van der Waals surface area contributed by atoms with E-state index in [0.717, 1.165) is 74.5 Å². The molecule has 0 spiro atoms. The minimum Gasteiger partial charge on any atom is -0.208 e. The van der Waals surface area contributed by atoms with Crippen molar-refractivity contribution in [2.75, 3.05) is 0 Å². The largest absolute Gasteiger partial charge is 0.208 e. The van der Waals surface area contributed by atoms with Gasteiger partial charge in [-0.3, -0.25) is 0 Å². The van der Waals surface area contributed by atoms with E-state index >= 15 is 0 Å². The maximum absolute atomic E-state index is 9.64. The summed E-state index contributed by atoms with van der Waals surface area (Å²) >= 11 is 0. The van der Waals surface area contributed by atoms with Crippen molar-refractivity contribution in [3.8, 4) is 79.7 Å². The summed E-state index contributed by atoms with van der Waals surface area (Å²) in [7, 11) is 0. The Labute approximate surface area is 388 Å². The van der Waals surface area contributed by atoms with Crippen molar-refractivity contribution in [1.29, 1.82) is 10.5 Å². The molecule has 8 aliphatic rings. The van der Waals surface area contributed by atoms with Crippen molar-refractivity contribution < 1.29 is 0 Å². The van der Waals surface area contributed by atoms with E-state index in [1.165, 1.54) is 88.2 Å². The predicted molar refractivity (Wildman–Crippen MR) is 262 cm³/mol. The standard InChI is InChI=1S/C61H53N5/c62-36-44-25-45(37-63)27-54(26-44)48-7-9-49(10-8-48)57-64-58(52-5-1-3-50(28-52)46-11-15-55(16-12-46)60-30-38-19-39(31-60)21-40(20-38)32-60)66-59(65-57)53-6-2-4-51(29-53)47-13-17-56(18-14-47)61-33-41-22-42(34-61)24-43(23-41)35-61/h1-18,25-29,38-43H,19-24,30-35H2/t38-,39-,40-,41-,42+,43-,60?,61?. The first-order chi connectivity index (χ1) is 32.3. The van der Waals surface area contributed by atoms with E-state index in [2.05, 4.69) is 109 Å². The van der Waals surface area contributed by atoms with Gasteiger partial charge in [-0.2, -0.15) is 10.5 Å². The number of hydrogen-bond acceptors (Lipinski definition) is 5. The maximum Gasteiger partial charge on any atom is 0.164 e. The molecule has 8 saturated carbocycles. The summed E-state index contributed by atoms with van der Waals surface area (Å²) in [6.45, 7) is 0. The summed E-state index contributed by atoms with van der Waals surface area (Å²) in [5.74, 6) is 7.35. The summed E-state index contributed by atoms with van der Waals surface area (Å²) in [6.07, 6.45) is 17.0. The van der Waals surface area contributed by atoms with Crippen molar-refractivity contribution >= 4 is 0 Å². The third-order valence-corrected chi connectivity index (χ3v) is 17.3. The molecule has 5 heteroatoms. The van der Waals surface area contributed by atoms with Gasteiger partial charge in [-0.25, -0.2) is 15.0 Å². The van der Waals surface area contributed by atoms with E-state index in [1.54, 1.807) is 17.2 Å². The van der Waals surface area contributed by atoms with Gasteiger partial charge in [0.1, 0.15) is 0 Å². The van der Waals surface area contributed by atoms with Crippen molar-refractivity contribution in [3.05, 3.63) is 162 Å². The Morgan fingerprint density at radius 3 is 1.03 bits per heavy atom. The molecule has 8 bridgehead atoms. The van der Waals surface area contributed by atoms with Crippen LogP contribution in [0.1, 0.15) is 99.3 Å². The molecule has 0 N–H and O–H groups in total. The molecule has 66 heavy (non-hydrogen) atoms. The molecule has 6 aromatic carbocycles. The number of benzene rings is 6. The zero-order valence-corrected chi connectivity index (χ0v) is 37.5. The third-order valence-electron chi connectivity index (χ3n) is 17.3. The van der Waals surface area contributed by atoms with Crippen molar-refractivity contribution in [1.82, 2.24) is 15.0 Å². The molecule has 7 aromatic rings. The molecular weight excluding hydrogens is 803 g/mol. The maximum atomic E-state index is 9.64. The fourth-order valence-corrected chi connectivity index (χ4v) is 15.1. The van der Waals surface area contributed by atoms with E-state index in [4.69, 9.17) is 15.0 Å². The normalized spacial score (nSPS) is 27.7. The molecule has 0 saturated heterocycles. The smallest absolute Gasteiger partial charge is 0.164 e. The van der Waals surface area contributed by atoms with Crippen LogP contribution in [0.15, 0.2) is 140 Å². The van der Waals surface area contributed by atoms with E-state index in [-0.39, 0.29) is 0 Å². The molecule has 0 radical (unpaired) electrons. The van der Waals surface area contributed by atoms with E-state index in [1.807, 2.05) is 36.4 Å². The van der Waals surface area contributed by atoms with Gasteiger partial charge >= 0.3 is 0 Å². The Morgan fingerprint density at radius 2 is 0.652 bits per heavy atom. The van der Waals surface area contributed by atoms with Crippen LogP contribution in [0.2, 0.25) is 0 Å². The Balaban J connectivity index is 0.847. The van der Waals surface area contributed by atoms with Crippen LogP contribution in [0.5, 0.6) is 0 Å². The fraction of sp³-hybridized carbons (Fsp3) is 0.328. The number of nitrogens with zero attached hydrogens (tertiary/aromatic N) is 5. The average molecular weight is 856 g/mol. The van der Waals surface area contributed by atoms with Crippen molar-refractivity contribution in [3.63, 3.8) is 0 Å². The quantitative estimate of drug-likeness (QED) is 0.152. The summed E-state index contributed by atoms with van der Waals surface area (Å²) in [5, 5.41) is 19.3. The molecule has 8 aliphatic carbocycles.